The first-order valence-electron chi connectivity index (χ1n) is 8.76. The van der Waals surface area contributed by atoms with Crippen LogP contribution in [-0.2, 0) is 22.5 Å². The predicted molar refractivity (Wildman–Crippen MR) is 103 cm³/mol. The highest BCUT2D eigenvalue weighted by molar-refractivity contribution is 5.95. The maximum Gasteiger partial charge on any atom is 0.341 e. The third-order valence-corrected chi connectivity index (χ3v) is 4.04. The SMILES string of the molecule is CCc1ccc(NC(=O)COC(=O)c2cnn(Cc3ccccc3)c2)cc1. The van der Waals surface area contributed by atoms with Gasteiger partial charge in [-0.05, 0) is 29.7 Å². The van der Waals surface area contributed by atoms with Gasteiger partial charge < -0.3 is 10.1 Å². The molecule has 0 aliphatic rings. The molecule has 2 aromatic carbocycles. The molecule has 0 bridgehead atoms. The average molecular weight is 363 g/mol. The first-order valence-corrected chi connectivity index (χ1v) is 8.76. The van der Waals surface area contributed by atoms with Crippen molar-refractivity contribution in [2.45, 2.75) is 19.9 Å². The van der Waals surface area contributed by atoms with E-state index in [0.29, 0.717) is 17.8 Å². The number of rotatable bonds is 7. The molecule has 27 heavy (non-hydrogen) atoms. The number of anilines is 1. The Hall–Kier alpha value is -3.41. The van der Waals surface area contributed by atoms with Gasteiger partial charge in [0.05, 0.1) is 18.3 Å². The standard InChI is InChI=1S/C21H21N3O3/c1-2-16-8-10-19(11-9-16)23-20(25)15-27-21(26)18-12-22-24(14-18)13-17-6-4-3-5-7-17/h3-12,14H,2,13,15H2,1H3,(H,23,25). The lowest BCUT2D eigenvalue weighted by atomic mass is 10.1. The summed E-state index contributed by atoms with van der Waals surface area (Å²) in [6.45, 7) is 2.27. The van der Waals surface area contributed by atoms with Crippen LogP contribution in [0.25, 0.3) is 0 Å². The molecule has 138 valence electrons. The van der Waals surface area contributed by atoms with E-state index in [1.54, 1.807) is 10.9 Å². The van der Waals surface area contributed by atoms with Gasteiger partial charge in [-0.2, -0.15) is 5.10 Å². The van der Waals surface area contributed by atoms with Gasteiger partial charge in [0.15, 0.2) is 6.61 Å². The Morgan fingerprint density at radius 1 is 1.04 bits per heavy atom. The summed E-state index contributed by atoms with van der Waals surface area (Å²) in [7, 11) is 0. The van der Waals surface area contributed by atoms with Gasteiger partial charge >= 0.3 is 5.97 Å². The van der Waals surface area contributed by atoms with Crippen molar-refractivity contribution in [1.29, 1.82) is 0 Å². The van der Waals surface area contributed by atoms with E-state index in [-0.39, 0.29) is 12.5 Å². The van der Waals surface area contributed by atoms with E-state index < -0.39 is 5.97 Å². The molecule has 3 aromatic rings. The third-order valence-electron chi connectivity index (χ3n) is 4.04. The second-order valence-electron chi connectivity index (χ2n) is 6.09. The Balaban J connectivity index is 1.49. The van der Waals surface area contributed by atoms with Gasteiger partial charge in [0, 0.05) is 11.9 Å². The third kappa shape index (κ3) is 5.28. The second-order valence-corrected chi connectivity index (χ2v) is 6.09. The quantitative estimate of drug-likeness (QED) is 0.654. The van der Waals surface area contributed by atoms with Crippen LogP contribution in [-0.4, -0.2) is 28.3 Å². The van der Waals surface area contributed by atoms with Crippen LogP contribution >= 0.6 is 0 Å². The van der Waals surface area contributed by atoms with Crippen LogP contribution in [0.15, 0.2) is 67.0 Å². The molecule has 0 saturated heterocycles. The molecule has 1 N–H and O–H groups in total. The normalized spacial score (nSPS) is 10.4. The van der Waals surface area contributed by atoms with E-state index >= 15 is 0 Å². The minimum atomic E-state index is -0.578. The summed E-state index contributed by atoms with van der Waals surface area (Å²) in [5, 5.41) is 6.86. The number of hydrogen-bond acceptors (Lipinski definition) is 4. The zero-order valence-electron chi connectivity index (χ0n) is 15.1. The first-order chi connectivity index (χ1) is 13.1. The van der Waals surface area contributed by atoms with Crippen molar-refractivity contribution in [1.82, 2.24) is 9.78 Å². The minimum absolute atomic E-state index is 0.311. The van der Waals surface area contributed by atoms with Gasteiger partial charge in [0.1, 0.15) is 0 Å². The summed E-state index contributed by atoms with van der Waals surface area (Å²) in [5.74, 6) is -0.963. The zero-order valence-corrected chi connectivity index (χ0v) is 15.1. The summed E-state index contributed by atoms with van der Waals surface area (Å²) in [5.41, 5.74) is 3.25. The molecule has 0 aliphatic heterocycles. The van der Waals surface area contributed by atoms with Crippen LogP contribution in [0.3, 0.4) is 0 Å². The van der Waals surface area contributed by atoms with Crippen molar-refractivity contribution in [3.8, 4) is 0 Å². The number of ether oxygens (including phenoxy) is 1. The Kier molecular flexibility index (Phi) is 5.99. The van der Waals surface area contributed by atoms with Crippen molar-refractivity contribution in [3.63, 3.8) is 0 Å². The molecule has 1 aromatic heterocycles. The molecule has 1 heterocycles. The maximum absolute atomic E-state index is 12.1. The molecule has 0 unspecified atom stereocenters. The summed E-state index contributed by atoms with van der Waals surface area (Å²) in [6.07, 6.45) is 3.98. The number of carbonyl (C=O) groups is 2. The minimum Gasteiger partial charge on any atom is -0.452 e. The number of amides is 1. The summed E-state index contributed by atoms with van der Waals surface area (Å²) >= 11 is 0. The first kappa shape index (κ1) is 18.4. The number of aryl methyl sites for hydroxylation is 1. The number of benzene rings is 2. The van der Waals surface area contributed by atoms with Crippen LogP contribution in [0.1, 0.15) is 28.4 Å². The van der Waals surface area contributed by atoms with Gasteiger partial charge in [-0.15, -0.1) is 0 Å². The van der Waals surface area contributed by atoms with E-state index in [9.17, 15) is 9.59 Å². The topological polar surface area (TPSA) is 73.2 Å². The molecule has 0 radical (unpaired) electrons. The summed E-state index contributed by atoms with van der Waals surface area (Å²) < 4.78 is 6.72. The largest absolute Gasteiger partial charge is 0.452 e. The summed E-state index contributed by atoms with van der Waals surface area (Å²) in [4.78, 5) is 24.0. The lowest BCUT2D eigenvalue weighted by Crippen LogP contribution is -2.20. The zero-order chi connectivity index (χ0) is 19.1. The number of nitrogens with zero attached hydrogens (tertiary/aromatic N) is 2. The van der Waals surface area contributed by atoms with Gasteiger partial charge in [-0.1, -0.05) is 49.4 Å². The van der Waals surface area contributed by atoms with E-state index in [2.05, 4.69) is 17.3 Å². The summed E-state index contributed by atoms with van der Waals surface area (Å²) in [6, 6.07) is 17.3. The number of nitrogens with one attached hydrogen (secondary N) is 1. The van der Waals surface area contributed by atoms with Gasteiger partial charge in [0.2, 0.25) is 0 Å². The number of carbonyl (C=O) groups excluding carboxylic acids is 2. The average Bonchev–Trinajstić information content (AvgIpc) is 3.16. The number of hydrogen-bond donors (Lipinski definition) is 1. The van der Waals surface area contributed by atoms with Crippen LogP contribution < -0.4 is 5.32 Å². The Bertz CT molecular complexity index is 902. The van der Waals surface area contributed by atoms with Crippen LogP contribution in [0.5, 0.6) is 0 Å². The predicted octanol–water partition coefficient (Wildman–Crippen LogP) is 3.29. The van der Waals surface area contributed by atoms with E-state index in [0.717, 1.165) is 12.0 Å². The second kappa shape index (κ2) is 8.80. The monoisotopic (exact) mass is 363 g/mol. The highest BCUT2D eigenvalue weighted by Crippen LogP contribution is 2.10. The molecule has 0 atom stereocenters. The molecule has 6 nitrogen and oxygen atoms in total. The molecule has 0 aliphatic carbocycles. The Morgan fingerprint density at radius 2 is 1.78 bits per heavy atom. The van der Waals surface area contributed by atoms with Crippen molar-refractivity contribution >= 4 is 17.6 Å². The molecule has 3 rings (SSSR count). The fraction of sp³-hybridized carbons (Fsp3) is 0.190. The van der Waals surface area contributed by atoms with Crippen molar-refractivity contribution in [2.75, 3.05) is 11.9 Å². The van der Waals surface area contributed by atoms with Crippen molar-refractivity contribution < 1.29 is 14.3 Å². The lowest BCUT2D eigenvalue weighted by molar-refractivity contribution is -0.119. The molecular formula is C21H21N3O3. The van der Waals surface area contributed by atoms with E-state index in [1.165, 1.54) is 11.8 Å². The smallest absolute Gasteiger partial charge is 0.341 e. The lowest BCUT2D eigenvalue weighted by Gasteiger charge is -2.06. The molecular weight excluding hydrogens is 342 g/mol. The van der Waals surface area contributed by atoms with Crippen LogP contribution in [0.2, 0.25) is 0 Å². The van der Waals surface area contributed by atoms with Gasteiger partial charge in [0.25, 0.3) is 5.91 Å². The highest BCUT2D eigenvalue weighted by atomic mass is 16.5. The fourth-order valence-corrected chi connectivity index (χ4v) is 2.56. The van der Waals surface area contributed by atoms with Crippen molar-refractivity contribution in [3.05, 3.63) is 83.7 Å². The highest BCUT2D eigenvalue weighted by Gasteiger charge is 2.13. The van der Waals surface area contributed by atoms with Crippen LogP contribution in [0.4, 0.5) is 5.69 Å². The molecule has 0 saturated carbocycles. The maximum atomic E-state index is 12.1. The molecule has 0 fully saturated rings. The van der Waals surface area contributed by atoms with E-state index in [1.807, 2.05) is 54.6 Å². The fourth-order valence-electron chi connectivity index (χ4n) is 2.56. The van der Waals surface area contributed by atoms with Crippen LogP contribution in [0, 0.1) is 0 Å². The molecule has 6 heteroatoms. The Labute approximate surface area is 157 Å². The van der Waals surface area contributed by atoms with Crippen molar-refractivity contribution in [2.24, 2.45) is 0 Å². The Morgan fingerprint density at radius 3 is 2.48 bits per heavy atom. The molecule has 0 spiro atoms. The van der Waals surface area contributed by atoms with E-state index in [4.69, 9.17) is 4.74 Å². The van der Waals surface area contributed by atoms with Gasteiger partial charge in [-0.25, -0.2) is 4.79 Å². The molecule has 1 amide bonds. The number of aromatic nitrogens is 2. The number of esters is 1. The van der Waals surface area contributed by atoms with Gasteiger partial charge in [-0.3, -0.25) is 9.48 Å².